The van der Waals surface area contributed by atoms with Gasteiger partial charge in [-0.1, -0.05) is 50.5 Å². The van der Waals surface area contributed by atoms with Gasteiger partial charge >= 0.3 is 0 Å². The molecule has 0 aliphatic heterocycles. The molecule has 1 heteroatoms. The molecule has 0 aliphatic carbocycles. The summed E-state index contributed by atoms with van der Waals surface area (Å²) in [5, 5.41) is 0. The van der Waals surface area contributed by atoms with Crippen molar-refractivity contribution in [3.63, 3.8) is 0 Å². The van der Waals surface area contributed by atoms with E-state index in [0.717, 1.165) is 6.42 Å². The molecule has 0 amide bonds. The van der Waals surface area contributed by atoms with Gasteiger partial charge in [0.1, 0.15) is 0 Å². The average molecular weight is 233 g/mol. The summed E-state index contributed by atoms with van der Waals surface area (Å²) in [6.07, 6.45) is 7.48. The molecule has 0 aromatic heterocycles. The van der Waals surface area contributed by atoms with Crippen molar-refractivity contribution in [1.29, 1.82) is 0 Å². The Hall–Kier alpha value is -0.820. The standard InChI is InChI=1S/C16H27N/c1-4-5-6-7-9-14-10-8-11-15(12-14)13-16(2,3)17/h8,10-12H,4-7,9,13,17H2,1-3H3. The molecule has 0 unspecified atom stereocenters. The SMILES string of the molecule is CCCCCCc1cccc(CC(C)(C)N)c1. The van der Waals surface area contributed by atoms with Crippen LogP contribution in [0.1, 0.15) is 57.6 Å². The first-order valence-corrected chi connectivity index (χ1v) is 6.88. The van der Waals surface area contributed by atoms with Crippen LogP contribution in [0.2, 0.25) is 0 Å². The number of rotatable bonds is 7. The lowest BCUT2D eigenvalue weighted by atomic mass is 9.94. The van der Waals surface area contributed by atoms with Crippen LogP contribution in [0.5, 0.6) is 0 Å². The van der Waals surface area contributed by atoms with Crippen molar-refractivity contribution in [2.75, 3.05) is 0 Å². The highest BCUT2D eigenvalue weighted by molar-refractivity contribution is 5.25. The Morgan fingerprint density at radius 1 is 1.06 bits per heavy atom. The monoisotopic (exact) mass is 233 g/mol. The maximum Gasteiger partial charge on any atom is 0.0138 e. The third-order valence-electron chi connectivity index (χ3n) is 2.97. The van der Waals surface area contributed by atoms with Crippen LogP contribution in [0.3, 0.4) is 0 Å². The topological polar surface area (TPSA) is 26.0 Å². The van der Waals surface area contributed by atoms with E-state index in [1.165, 1.54) is 43.2 Å². The molecule has 2 N–H and O–H groups in total. The van der Waals surface area contributed by atoms with E-state index in [-0.39, 0.29) is 5.54 Å². The van der Waals surface area contributed by atoms with Gasteiger partial charge in [-0.2, -0.15) is 0 Å². The van der Waals surface area contributed by atoms with E-state index in [1.807, 2.05) is 0 Å². The van der Waals surface area contributed by atoms with E-state index in [2.05, 4.69) is 45.0 Å². The molecule has 1 nitrogen and oxygen atoms in total. The third kappa shape index (κ3) is 6.48. The molecule has 0 radical (unpaired) electrons. The number of benzene rings is 1. The van der Waals surface area contributed by atoms with Crippen molar-refractivity contribution in [1.82, 2.24) is 0 Å². The Morgan fingerprint density at radius 2 is 1.76 bits per heavy atom. The summed E-state index contributed by atoms with van der Waals surface area (Å²) in [4.78, 5) is 0. The van der Waals surface area contributed by atoms with Gasteiger partial charge in [-0.25, -0.2) is 0 Å². The normalized spacial score (nSPS) is 11.8. The van der Waals surface area contributed by atoms with Gasteiger partial charge in [-0.05, 0) is 44.2 Å². The molecule has 0 saturated heterocycles. The van der Waals surface area contributed by atoms with E-state index < -0.39 is 0 Å². The number of hydrogen-bond donors (Lipinski definition) is 1. The molecule has 17 heavy (non-hydrogen) atoms. The van der Waals surface area contributed by atoms with E-state index in [1.54, 1.807) is 0 Å². The van der Waals surface area contributed by atoms with Crippen LogP contribution in [0.25, 0.3) is 0 Å². The highest BCUT2D eigenvalue weighted by Gasteiger charge is 2.11. The van der Waals surface area contributed by atoms with E-state index in [4.69, 9.17) is 5.73 Å². The molecule has 0 fully saturated rings. The highest BCUT2D eigenvalue weighted by atomic mass is 14.7. The smallest absolute Gasteiger partial charge is 0.0138 e. The summed E-state index contributed by atoms with van der Waals surface area (Å²) < 4.78 is 0. The van der Waals surface area contributed by atoms with E-state index >= 15 is 0 Å². The number of aryl methyl sites for hydroxylation is 1. The minimum Gasteiger partial charge on any atom is -0.325 e. The average Bonchev–Trinajstić information content (AvgIpc) is 2.23. The van der Waals surface area contributed by atoms with Crippen LogP contribution in [0, 0.1) is 0 Å². The fourth-order valence-corrected chi connectivity index (χ4v) is 2.18. The first kappa shape index (κ1) is 14.2. The fourth-order valence-electron chi connectivity index (χ4n) is 2.18. The zero-order valence-electron chi connectivity index (χ0n) is 11.6. The lowest BCUT2D eigenvalue weighted by Crippen LogP contribution is -2.34. The Morgan fingerprint density at radius 3 is 2.41 bits per heavy atom. The van der Waals surface area contributed by atoms with Gasteiger partial charge in [0.25, 0.3) is 0 Å². The summed E-state index contributed by atoms with van der Waals surface area (Å²) in [6.45, 7) is 6.42. The van der Waals surface area contributed by atoms with Gasteiger partial charge in [0.05, 0.1) is 0 Å². The summed E-state index contributed by atoms with van der Waals surface area (Å²) in [6, 6.07) is 8.90. The van der Waals surface area contributed by atoms with Crippen LogP contribution < -0.4 is 5.73 Å². The second-order valence-corrected chi connectivity index (χ2v) is 5.80. The predicted octanol–water partition coefficient (Wildman–Crippen LogP) is 4.09. The van der Waals surface area contributed by atoms with Gasteiger partial charge < -0.3 is 5.73 Å². The molecule has 0 saturated carbocycles. The number of hydrogen-bond acceptors (Lipinski definition) is 1. The van der Waals surface area contributed by atoms with Gasteiger partial charge in [-0.3, -0.25) is 0 Å². The van der Waals surface area contributed by atoms with Crippen LogP contribution in [-0.2, 0) is 12.8 Å². The molecule has 0 atom stereocenters. The maximum atomic E-state index is 6.06. The summed E-state index contributed by atoms with van der Waals surface area (Å²) in [7, 11) is 0. The molecule has 0 spiro atoms. The first-order chi connectivity index (χ1) is 8.01. The van der Waals surface area contributed by atoms with Crippen molar-refractivity contribution >= 4 is 0 Å². The number of unbranched alkanes of at least 4 members (excludes halogenated alkanes) is 3. The zero-order valence-corrected chi connectivity index (χ0v) is 11.6. The summed E-state index contributed by atoms with van der Waals surface area (Å²) >= 11 is 0. The first-order valence-electron chi connectivity index (χ1n) is 6.88. The van der Waals surface area contributed by atoms with Crippen LogP contribution in [0.15, 0.2) is 24.3 Å². The summed E-state index contributed by atoms with van der Waals surface area (Å²) in [5.41, 5.74) is 8.77. The fraction of sp³-hybridized carbons (Fsp3) is 0.625. The van der Waals surface area contributed by atoms with Gasteiger partial charge in [0.2, 0.25) is 0 Å². The van der Waals surface area contributed by atoms with Crippen LogP contribution >= 0.6 is 0 Å². The molecule has 1 aromatic rings. The quantitative estimate of drug-likeness (QED) is 0.705. The van der Waals surface area contributed by atoms with Crippen LogP contribution in [0.4, 0.5) is 0 Å². The van der Waals surface area contributed by atoms with Crippen molar-refractivity contribution in [2.24, 2.45) is 5.73 Å². The van der Waals surface area contributed by atoms with Crippen molar-refractivity contribution < 1.29 is 0 Å². The molecule has 0 heterocycles. The largest absolute Gasteiger partial charge is 0.325 e. The predicted molar refractivity (Wildman–Crippen MR) is 76.3 cm³/mol. The Balaban J connectivity index is 2.48. The van der Waals surface area contributed by atoms with Crippen molar-refractivity contribution in [3.8, 4) is 0 Å². The Kier molecular flexibility index (Phi) is 5.70. The minimum absolute atomic E-state index is 0.110. The minimum atomic E-state index is -0.110. The molecule has 1 aromatic carbocycles. The highest BCUT2D eigenvalue weighted by Crippen LogP contribution is 2.14. The number of nitrogens with two attached hydrogens (primary N) is 1. The third-order valence-corrected chi connectivity index (χ3v) is 2.97. The summed E-state index contributed by atoms with van der Waals surface area (Å²) in [5.74, 6) is 0. The van der Waals surface area contributed by atoms with E-state index in [0.29, 0.717) is 0 Å². The molecule has 0 bridgehead atoms. The molecule has 96 valence electrons. The molecular formula is C16H27N. The molecule has 1 rings (SSSR count). The van der Waals surface area contributed by atoms with Gasteiger partial charge in [-0.15, -0.1) is 0 Å². The van der Waals surface area contributed by atoms with Gasteiger partial charge in [0, 0.05) is 5.54 Å². The van der Waals surface area contributed by atoms with Crippen molar-refractivity contribution in [2.45, 2.75) is 64.8 Å². The Labute approximate surface area is 106 Å². The van der Waals surface area contributed by atoms with Gasteiger partial charge in [0.15, 0.2) is 0 Å². The Bertz CT molecular complexity index is 323. The van der Waals surface area contributed by atoms with Crippen LogP contribution in [-0.4, -0.2) is 5.54 Å². The molecular weight excluding hydrogens is 206 g/mol. The molecule has 0 aliphatic rings. The zero-order chi connectivity index (χ0) is 12.7. The van der Waals surface area contributed by atoms with E-state index in [9.17, 15) is 0 Å². The lowest BCUT2D eigenvalue weighted by Gasteiger charge is -2.18. The maximum absolute atomic E-state index is 6.06. The lowest BCUT2D eigenvalue weighted by molar-refractivity contribution is 0.516. The second-order valence-electron chi connectivity index (χ2n) is 5.80. The van der Waals surface area contributed by atoms with Crippen molar-refractivity contribution in [3.05, 3.63) is 35.4 Å². The second kappa shape index (κ2) is 6.80.